The maximum Gasteiger partial charge on any atom is 0.141 e. The maximum atomic E-state index is 6.19. The largest absolute Gasteiger partial charge is 0.486 e. The van der Waals surface area contributed by atoms with Gasteiger partial charge in [0.2, 0.25) is 0 Å². The van der Waals surface area contributed by atoms with Gasteiger partial charge in [0.25, 0.3) is 0 Å². The van der Waals surface area contributed by atoms with Crippen molar-refractivity contribution in [3.05, 3.63) is 23.5 Å². The molecule has 21 heavy (non-hydrogen) atoms. The fourth-order valence-corrected chi connectivity index (χ4v) is 2.76. The summed E-state index contributed by atoms with van der Waals surface area (Å²) in [6, 6.07) is 4.46. The molecular weight excluding hydrogens is 264 g/mol. The summed E-state index contributed by atoms with van der Waals surface area (Å²) in [4.78, 5) is 4.56. The number of ether oxygens (including phenoxy) is 2. The minimum absolute atomic E-state index is 0.135. The lowest BCUT2D eigenvalue weighted by molar-refractivity contribution is -0.107. The van der Waals surface area contributed by atoms with Crippen LogP contribution in [-0.4, -0.2) is 36.4 Å². The molecule has 1 aliphatic rings. The van der Waals surface area contributed by atoms with Gasteiger partial charge in [-0.15, -0.1) is 0 Å². The number of aryl methyl sites for hydroxylation is 2. The number of hydrogen-bond donors (Lipinski definition) is 1. The van der Waals surface area contributed by atoms with E-state index in [4.69, 9.17) is 9.47 Å². The van der Waals surface area contributed by atoms with Crippen molar-refractivity contribution in [2.24, 2.45) is 0 Å². The molecule has 1 fully saturated rings. The summed E-state index contributed by atoms with van der Waals surface area (Å²) < 4.78 is 12.2. The second-order valence-electron chi connectivity index (χ2n) is 5.64. The SMILES string of the molecule is CCCOC1C(NCC)CC1Oc1ccc(C)nc1CC. The average Bonchev–Trinajstić information content (AvgIpc) is 2.47. The molecular formula is C17H28N2O2. The fourth-order valence-electron chi connectivity index (χ4n) is 2.76. The number of pyridine rings is 1. The summed E-state index contributed by atoms with van der Waals surface area (Å²) in [5.74, 6) is 0.910. The lowest BCUT2D eigenvalue weighted by atomic mass is 9.85. The molecule has 3 unspecified atom stereocenters. The van der Waals surface area contributed by atoms with Crippen molar-refractivity contribution in [2.45, 2.75) is 65.2 Å². The van der Waals surface area contributed by atoms with Crippen molar-refractivity contribution >= 4 is 0 Å². The summed E-state index contributed by atoms with van der Waals surface area (Å²) in [6.45, 7) is 10.2. The molecule has 0 spiro atoms. The summed E-state index contributed by atoms with van der Waals surface area (Å²) in [5.41, 5.74) is 2.08. The van der Waals surface area contributed by atoms with E-state index >= 15 is 0 Å². The fraction of sp³-hybridized carbons (Fsp3) is 0.706. The summed E-state index contributed by atoms with van der Waals surface area (Å²) >= 11 is 0. The first-order valence-corrected chi connectivity index (χ1v) is 8.17. The molecule has 4 nitrogen and oxygen atoms in total. The quantitative estimate of drug-likeness (QED) is 0.800. The zero-order valence-electron chi connectivity index (χ0n) is 13.7. The lowest BCUT2D eigenvalue weighted by Crippen LogP contribution is -2.61. The van der Waals surface area contributed by atoms with Crippen molar-refractivity contribution in [3.8, 4) is 5.75 Å². The van der Waals surface area contributed by atoms with Gasteiger partial charge in [-0.3, -0.25) is 4.98 Å². The number of hydrogen-bond acceptors (Lipinski definition) is 4. The van der Waals surface area contributed by atoms with Crippen molar-refractivity contribution in [1.29, 1.82) is 0 Å². The number of rotatable bonds is 8. The van der Waals surface area contributed by atoms with E-state index in [0.29, 0.717) is 6.04 Å². The van der Waals surface area contributed by atoms with Crippen molar-refractivity contribution in [3.63, 3.8) is 0 Å². The summed E-state index contributed by atoms with van der Waals surface area (Å²) in [6.07, 6.45) is 3.21. The Morgan fingerprint density at radius 2 is 2.10 bits per heavy atom. The average molecular weight is 292 g/mol. The first-order chi connectivity index (χ1) is 10.2. The highest BCUT2D eigenvalue weighted by atomic mass is 16.5. The minimum atomic E-state index is 0.135. The smallest absolute Gasteiger partial charge is 0.141 e. The van der Waals surface area contributed by atoms with Gasteiger partial charge in [0, 0.05) is 24.8 Å². The van der Waals surface area contributed by atoms with Crippen LogP contribution in [0.1, 0.15) is 45.0 Å². The van der Waals surface area contributed by atoms with Gasteiger partial charge in [0.15, 0.2) is 0 Å². The van der Waals surface area contributed by atoms with Gasteiger partial charge in [0.05, 0.1) is 5.69 Å². The molecule has 1 heterocycles. The Morgan fingerprint density at radius 3 is 2.76 bits per heavy atom. The molecule has 0 radical (unpaired) electrons. The second-order valence-corrected chi connectivity index (χ2v) is 5.64. The Balaban J connectivity index is 2.01. The zero-order chi connectivity index (χ0) is 15.2. The molecule has 2 rings (SSSR count). The Hall–Kier alpha value is -1.13. The Morgan fingerprint density at radius 1 is 1.29 bits per heavy atom. The molecule has 1 aromatic heterocycles. The summed E-state index contributed by atoms with van der Waals surface area (Å²) in [7, 11) is 0. The van der Waals surface area contributed by atoms with E-state index in [0.717, 1.165) is 49.6 Å². The molecule has 0 aliphatic heterocycles. The van der Waals surface area contributed by atoms with E-state index in [-0.39, 0.29) is 12.2 Å². The van der Waals surface area contributed by atoms with Crippen LogP contribution in [0.3, 0.4) is 0 Å². The topological polar surface area (TPSA) is 43.4 Å². The van der Waals surface area contributed by atoms with Crippen LogP contribution in [0.15, 0.2) is 12.1 Å². The van der Waals surface area contributed by atoms with Gasteiger partial charge < -0.3 is 14.8 Å². The molecule has 3 atom stereocenters. The van der Waals surface area contributed by atoms with Gasteiger partial charge in [-0.1, -0.05) is 20.8 Å². The Bertz CT molecular complexity index is 450. The number of likely N-dealkylation sites (N-methyl/N-ethyl adjacent to an activating group) is 1. The molecule has 4 heteroatoms. The molecule has 0 amide bonds. The van der Waals surface area contributed by atoms with Gasteiger partial charge in [-0.25, -0.2) is 0 Å². The van der Waals surface area contributed by atoms with E-state index in [2.05, 4.69) is 31.1 Å². The second kappa shape index (κ2) is 7.76. The molecule has 0 bridgehead atoms. The highest BCUT2D eigenvalue weighted by Crippen LogP contribution is 2.30. The van der Waals surface area contributed by atoms with Crippen LogP contribution in [0.4, 0.5) is 0 Å². The van der Waals surface area contributed by atoms with Gasteiger partial charge in [0.1, 0.15) is 18.0 Å². The summed E-state index contributed by atoms with van der Waals surface area (Å²) in [5, 5.41) is 3.47. The van der Waals surface area contributed by atoms with Crippen LogP contribution in [0.25, 0.3) is 0 Å². The molecule has 1 N–H and O–H groups in total. The predicted octanol–water partition coefficient (Wildman–Crippen LogP) is 2.88. The molecule has 118 valence electrons. The number of nitrogens with zero attached hydrogens (tertiary/aromatic N) is 1. The number of aromatic nitrogens is 1. The zero-order valence-corrected chi connectivity index (χ0v) is 13.7. The van der Waals surface area contributed by atoms with Crippen LogP contribution in [-0.2, 0) is 11.2 Å². The maximum absolute atomic E-state index is 6.19. The van der Waals surface area contributed by atoms with Crippen LogP contribution in [0.5, 0.6) is 5.75 Å². The highest BCUT2D eigenvalue weighted by Gasteiger charge is 2.43. The standard InChI is InChI=1S/C17H28N2O2/c1-5-10-20-17-14(18-7-3)11-16(17)21-15-9-8-12(4)19-13(15)6-2/h8-9,14,16-18H,5-7,10-11H2,1-4H3. The minimum Gasteiger partial charge on any atom is -0.486 e. The normalized spacial score (nSPS) is 24.7. The molecule has 1 saturated carbocycles. The molecule has 0 saturated heterocycles. The third kappa shape index (κ3) is 3.95. The third-order valence-corrected chi connectivity index (χ3v) is 3.91. The third-order valence-electron chi connectivity index (χ3n) is 3.91. The van der Waals surface area contributed by atoms with Crippen LogP contribution < -0.4 is 10.1 Å². The Kier molecular flexibility index (Phi) is 6.00. The van der Waals surface area contributed by atoms with E-state index in [1.165, 1.54) is 0 Å². The highest BCUT2D eigenvalue weighted by molar-refractivity contribution is 5.30. The lowest BCUT2D eigenvalue weighted by Gasteiger charge is -2.44. The van der Waals surface area contributed by atoms with E-state index < -0.39 is 0 Å². The molecule has 1 aromatic rings. The van der Waals surface area contributed by atoms with Crippen molar-refractivity contribution < 1.29 is 9.47 Å². The molecule has 0 aromatic carbocycles. The Labute approximate surface area is 128 Å². The van der Waals surface area contributed by atoms with Gasteiger partial charge >= 0.3 is 0 Å². The number of nitrogens with one attached hydrogen (secondary N) is 1. The van der Waals surface area contributed by atoms with E-state index in [1.807, 2.05) is 19.1 Å². The van der Waals surface area contributed by atoms with Crippen LogP contribution in [0.2, 0.25) is 0 Å². The first kappa shape index (κ1) is 16.2. The van der Waals surface area contributed by atoms with Crippen LogP contribution >= 0.6 is 0 Å². The first-order valence-electron chi connectivity index (χ1n) is 8.17. The van der Waals surface area contributed by atoms with Crippen molar-refractivity contribution in [1.82, 2.24) is 10.3 Å². The van der Waals surface area contributed by atoms with Crippen molar-refractivity contribution in [2.75, 3.05) is 13.2 Å². The molecule has 1 aliphatic carbocycles. The van der Waals surface area contributed by atoms with E-state index in [1.54, 1.807) is 0 Å². The van der Waals surface area contributed by atoms with E-state index in [9.17, 15) is 0 Å². The van der Waals surface area contributed by atoms with Gasteiger partial charge in [-0.2, -0.15) is 0 Å². The van der Waals surface area contributed by atoms with Crippen LogP contribution in [0, 0.1) is 6.92 Å². The monoisotopic (exact) mass is 292 g/mol. The predicted molar refractivity (Wildman–Crippen MR) is 84.9 cm³/mol. The van der Waals surface area contributed by atoms with Gasteiger partial charge in [-0.05, 0) is 38.4 Å².